The quantitative estimate of drug-likeness (QED) is 0.919. The van der Waals surface area contributed by atoms with E-state index in [1.165, 1.54) is 37.5 Å². The maximum atomic E-state index is 12.4. The molecule has 0 aliphatic heterocycles. The summed E-state index contributed by atoms with van der Waals surface area (Å²) in [5, 5.41) is 9.22. The fraction of sp³-hybridized carbons (Fsp3) is 0.250. The molecule has 2 rings (SSSR count). The second-order valence-corrected chi connectivity index (χ2v) is 6.14. The molecule has 0 saturated carbocycles. The number of sulfonamides is 1. The summed E-state index contributed by atoms with van der Waals surface area (Å²) in [5.41, 5.74) is 0.459. The zero-order chi connectivity index (χ0) is 14.2. The van der Waals surface area contributed by atoms with Gasteiger partial charge in [0.25, 0.3) is 10.0 Å². The monoisotopic (exact) mass is 281 g/mol. The lowest BCUT2D eigenvalue weighted by Crippen LogP contribution is -2.26. The Bertz CT molecular complexity index is 670. The first-order chi connectivity index (χ1) is 8.82. The fourth-order valence-corrected chi connectivity index (χ4v) is 2.81. The van der Waals surface area contributed by atoms with Gasteiger partial charge in [-0.25, -0.2) is 4.98 Å². The molecular weight excluding hydrogens is 266 g/mol. The van der Waals surface area contributed by atoms with Crippen molar-refractivity contribution in [2.45, 2.75) is 11.9 Å². The van der Waals surface area contributed by atoms with Crippen LogP contribution in [0.3, 0.4) is 0 Å². The Labute approximate surface area is 112 Å². The summed E-state index contributed by atoms with van der Waals surface area (Å²) in [6.07, 6.45) is 1.47. The number of hydrogen-bond acceptors (Lipinski definition) is 4. The lowest BCUT2D eigenvalue weighted by Gasteiger charge is -2.17. The second kappa shape index (κ2) is 4.58. The minimum absolute atomic E-state index is 0.00285. The van der Waals surface area contributed by atoms with Crippen LogP contribution in [-0.2, 0) is 17.1 Å². The zero-order valence-electron chi connectivity index (χ0n) is 10.9. The first-order valence-corrected chi connectivity index (χ1v) is 7.04. The number of phenolic OH excluding ortho intramolecular Hbond substituents is 1. The van der Waals surface area contributed by atoms with Gasteiger partial charge in [0.15, 0.2) is 5.03 Å². The van der Waals surface area contributed by atoms with E-state index in [1.807, 2.05) is 0 Å². The van der Waals surface area contributed by atoms with Gasteiger partial charge in [-0.3, -0.25) is 4.31 Å². The summed E-state index contributed by atoms with van der Waals surface area (Å²) < 4.78 is 27.5. The molecule has 1 aromatic heterocycles. The number of benzene rings is 1. The van der Waals surface area contributed by atoms with E-state index >= 15 is 0 Å². The molecule has 0 saturated heterocycles. The van der Waals surface area contributed by atoms with Crippen molar-refractivity contribution >= 4 is 15.7 Å². The third-order valence-corrected chi connectivity index (χ3v) is 4.58. The Kier molecular flexibility index (Phi) is 3.23. The molecule has 0 bridgehead atoms. The molecular formula is C12H15N3O3S. The van der Waals surface area contributed by atoms with Crippen LogP contribution in [0.4, 0.5) is 5.69 Å². The number of aryl methyl sites for hydroxylation is 2. The van der Waals surface area contributed by atoms with Crippen LogP contribution in [0, 0.1) is 6.92 Å². The highest BCUT2D eigenvalue weighted by atomic mass is 32.2. The molecule has 7 heteroatoms. The van der Waals surface area contributed by atoms with E-state index in [0.29, 0.717) is 11.5 Å². The van der Waals surface area contributed by atoms with Crippen LogP contribution in [0.25, 0.3) is 0 Å². The van der Waals surface area contributed by atoms with Crippen LogP contribution >= 0.6 is 0 Å². The number of aromatic nitrogens is 2. The SMILES string of the molecule is Cc1nc(S(=O)(=O)N(C)c2ccc(O)cc2)cn1C. The Morgan fingerprint density at radius 1 is 1.26 bits per heavy atom. The Morgan fingerprint density at radius 3 is 2.32 bits per heavy atom. The normalized spacial score (nSPS) is 11.5. The van der Waals surface area contributed by atoms with Gasteiger partial charge < -0.3 is 9.67 Å². The number of phenols is 1. The van der Waals surface area contributed by atoms with Crippen LogP contribution in [0.5, 0.6) is 5.75 Å². The molecule has 19 heavy (non-hydrogen) atoms. The molecule has 0 spiro atoms. The van der Waals surface area contributed by atoms with E-state index in [-0.39, 0.29) is 10.8 Å². The molecule has 1 aromatic carbocycles. The van der Waals surface area contributed by atoms with E-state index < -0.39 is 10.0 Å². The lowest BCUT2D eigenvalue weighted by atomic mass is 10.3. The van der Waals surface area contributed by atoms with Crippen LogP contribution in [0.15, 0.2) is 35.5 Å². The number of anilines is 1. The van der Waals surface area contributed by atoms with E-state index in [0.717, 1.165) is 4.31 Å². The second-order valence-electron chi connectivity index (χ2n) is 4.23. The number of rotatable bonds is 3. The maximum absolute atomic E-state index is 12.4. The third kappa shape index (κ3) is 2.41. The predicted molar refractivity (Wildman–Crippen MR) is 71.6 cm³/mol. The molecule has 0 unspecified atom stereocenters. The van der Waals surface area contributed by atoms with E-state index in [1.54, 1.807) is 18.5 Å². The summed E-state index contributed by atoms with van der Waals surface area (Å²) in [7, 11) is -0.499. The lowest BCUT2D eigenvalue weighted by molar-refractivity contribution is 0.475. The van der Waals surface area contributed by atoms with Crippen LogP contribution < -0.4 is 4.31 Å². The average molecular weight is 281 g/mol. The van der Waals surface area contributed by atoms with Crippen molar-refractivity contribution in [3.05, 3.63) is 36.3 Å². The highest BCUT2D eigenvalue weighted by molar-refractivity contribution is 7.92. The smallest absolute Gasteiger partial charge is 0.283 e. The topological polar surface area (TPSA) is 75.4 Å². The van der Waals surface area contributed by atoms with Gasteiger partial charge in [-0.2, -0.15) is 8.42 Å². The maximum Gasteiger partial charge on any atom is 0.283 e. The summed E-state index contributed by atoms with van der Waals surface area (Å²) in [5.74, 6) is 0.709. The molecule has 2 aromatic rings. The molecule has 0 aliphatic rings. The molecule has 0 amide bonds. The Morgan fingerprint density at radius 2 is 1.84 bits per heavy atom. The van der Waals surface area contributed by atoms with E-state index in [2.05, 4.69) is 4.98 Å². The Balaban J connectivity index is 2.41. The van der Waals surface area contributed by atoms with Gasteiger partial charge in [-0.1, -0.05) is 0 Å². The van der Waals surface area contributed by atoms with Crippen molar-refractivity contribution in [3.8, 4) is 5.75 Å². The predicted octanol–water partition coefficient (Wildman–Crippen LogP) is 1.26. The summed E-state index contributed by atoms with van der Waals surface area (Å²) in [6, 6.07) is 5.93. The van der Waals surface area contributed by atoms with Crippen LogP contribution in [-0.4, -0.2) is 30.1 Å². The van der Waals surface area contributed by atoms with Crippen LogP contribution in [0.1, 0.15) is 5.82 Å². The minimum atomic E-state index is -3.69. The molecule has 1 N–H and O–H groups in total. The molecule has 102 valence electrons. The number of hydrogen-bond donors (Lipinski definition) is 1. The van der Waals surface area contributed by atoms with Crippen molar-refractivity contribution in [3.63, 3.8) is 0 Å². The standard InChI is InChI=1S/C12H15N3O3S/c1-9-13-12(8-14(9)2)19(17,18)15(3)10-4-6-11(16)7-5-10/h4-8,16H,1-3H3. The molecule has 0 fully saturated rings. The van der Waals surface area contributed by atoms with Crippen molar-refractivity contribution in [1.82, 2.24) is 9.55 Å². The van der Waals surface area contributed by atoms with Gasteiger partial charge in [0.2, 0.25) is 0 Å². The summed E-state index contributed by atoms with van der Waals surface area (Å²) >= 11 is 0. The van der Waals surface area contributed by atoms with E-state index in [4.69, 9.17) is 0 Å². The molecule has 6 nitrogen and oxygen atoms in total. The third-order valence-electron chi connectivity index (χ3n) is 2.92. The number of aromatic hydroxyl groups is 1. The summed E-state index contributed by atoms with van der Waals surface area (Å²) in [6.45, 7) is 1.74. The fourth-order valence-electron chi connectivity index (χ4n) is 1.59. The number of imidazole rings is 1. The number of nitrogens with zero attached hydrogens (tertiary/aromatic N) is 3. The van der Waals surface area contributed by atoms with Gasteiger partial charge in [-0.15, -0.1) is 0 Å². The Hall–Kier alpha value is -2.02. The highest BCUT2D eigenvalue weighted by Crippen LogP contribution is 2.23. The largest absolute Gasteiger partial charge is 0.508 e. The molecule has 0 aliphatic carbocycles. The van der Waals surface area contributed by atoms with Crippen molar-refractivity contribution in [1.29, 1.82) is 0 Å². The first kappa shape index (κ1) is 13.4. The minimum Gasteiger partial charge on any atom is -0.508 e. The van der Waals surface area contributed by atoms with Crippen molar-refractivity contribution < 1.29 is 13.5 Å². The van der Waals surface area contributed by atoms with Gasteiger partial charge in [0, 0.05) is 20.3 Å². The average Bonchev–Trinajstić information content (AvgIpc) is 2.70. The van der Waals surface area contributed by atoms with Crippen molar-refractivity contribution in [2.75, 3.05) is 11.4 Å². The zero-order valence-corrected chi connectivity index (χ0v) is 11.7. The van der Waals surface area contributed by atoms with Gasteiger partial charge in [0.1, 0.15) is 11.6 Å². The van der Waals surface area contributed by atoms with E-state index in [9.17, 15) is 13.5 Å². The first-order valence-electron chi connectivity index (χ1n) is 5.60. The highest BCUT2D eigenvalue weighted by Gasteiger charge is 2.24. The molecule has 1 heterocycles. The van der Waals surface area contributed by atoms with Gasteiger partial charge >= 0.3 is 0 Å². The van der Waals surface area contributed by atoms with Gasteiger partial charge in [-0.05, 0) is 31.2 Å². The molecule has 0 atom stereocenters. The summed E-state index contributed by atoms with van der Waals surface area (Å²) in [4.78, 5) is 4.03. The van der Waals surface area contributed by atoms with Crippen molar-refractivity contribution in [2.24, 2.45) is 7.05 Å². The molecule has 0 radical (unpaired) electrons. The van der Waals surface area contributed by atoms with Gasteiger partial charge in [0.05, 0.1) is 5.69 Å². The van der Waals surface area contributed by atoms with Crippen LogP contribution in [0.2, 0.25) is 0 Å².